The van der Waals surface area contributed by atoms with Gasteiger partial charge in [-0.05, 0) is 40.2 Å². The Bertz CT molecular complexity index is 630. The molecule has 0 aliphatic carbocycles. The maximum atomic E-state index is 4.34. The van der Waals surface area contributed by atoms with E-state index in [1.54, 1.807) is 18.0 Å². The number of hydrogen-bond acceptors (Lipinski definition) is 2. The minimum atomic E-state index is 0.971. The molecule has 0 radical (unpaired) electrons. The number of aromatic amines is 1. The number of aromatic nitrogens is 2. The number of nitrogens with one attached hydrogen (secondary N) is 1. The Morgan fingerprint density at radius 1 is 1.12 bits per heavy atom. The van der Waals surface area contributed by atoms with Gasteiger partial charge in [-0.1, -0.05) is 30.0 Å². The SMILES string of the molecule is Brc1cccnc1Sc1cc2ccccc2[nH]1. The van der Waals surface area contributed by atoms with E-state index < -0.39 is 0 Å². The third-order valence-electron chi connectivity index (χ3n) is 2.44. The average molecular weight is 305 g/mol. The maximum absolute atomic E-state index is 4.34. The van der Waals surface area contributed by atoms with Crippen LogP contribution in [0.1, 0.15) is 0 Å². The number of para-hydroxylation sites is 1. The van der Waals surface area contributed by atoms with Crippen molar-refractivity contribution in [3.05, 3.63) is 53.1 Å². The van der Waals surface area contributed by atoms with E-state index in [0.29, 0.717) is 0 Å². The van der Waals surface area contributed by atoms with Gasteiger partial charge in [0.05, 0.1) is 9.50 Å². The monoisotopic (exact) mass is 304 g/mol. The summed E-state index contributed by atoms with van der Waals surface area (Å²) in [4.78, 5) is 7.71. The van der Waals surface area contributed by atoms with Crippen molar-refractivity contribution < 1.29 is 0 Å². The van der Waals surface area contributed by atoms with Gasteiger partial charge in [0.25, 0.3) is 0 Å². The quantitative estimate of drug-likeness (QED) is 0.756. The number of fused-ring (bicyclic) bond motifs is 1. The minimum Gasteiger partial charge on any atom is -0.349 e. The second kappa shape index (κ2) is 4.55. The molecule has 2 heterocycles. The van der Waals surface area contributed by atoms with Crippen LogP contribution in [0.15, 0.2) is 63.2 Å². The molecule has 0 bridgehead atoms. The van der Waals surface area contributed by atoms with E-state index in [2.05, 4.69) is 44.1 Å². The number of hydrogen-bond donors (Lipinski definition) is 1. The smallest absolute Gasteiger partial charge is 0.116 e. The van der Waals surface area contributed by atoms with Crippen LogP contribution >= 0.6 is 27.7 Å². The summed E-state index contributed by atoms with van der Waals surface area (Å²) >= 11 is 5.13. The van der Waals surface area contributed by atoms with Crippen molar-refractivity contribution in [3.63, 3.8) is 0 Å². The van der Waals surface area contributed by atoms with E-state index in [9.17, 15) is 0 Å². The van der Waals surface area contributed by atoms with Crippen molar-refractivity contribution in [1.82, 2.24) is 9.97 Å². The van der Waals surface area contributed by atoms with E-state index in [0.717, 1.165) is 20.0 Å². The molecule has 0 spiro atoms. The average Bonchev–Trinajstić information content (AvgIpc) is 2.74. The summed E-state index contributed by atoms with van der Waals surface area (Å²) in [5.74, 6) is 0. The van der Waals surface area contributed by atoms with E-state index in [1.165, 1.54) is 5.39 Å². The van der Waals surface area contributed by atoms with Crippen LogP contribution in [0.2, 0.25) is 0 Å². The summed E-state index contributed by atoms with van der Waals surface area (Å²) in [6.45, 7) is 0. The summed E-state index contributed by atoms with van der Waals surface area (Å²) < 4.78 is 1.02. The van der Waals surface area contributed by atoms with E-state index >= 15 is 0 Å². The minimum absolute atomic E-state index is 0.971. The van der Waals surface area contributed by atoms with Crippen molar-refractivity contribution in [2.75, 3.05) is 0 Å². The zero-order valence-corrected chi connectivity index (χ0v) is 11.3. The second-order valence-electron chi connectivity index (χ2n) is 3.61. The molecule has 3 aromatic rings. The van der Waals surface area contributed by atoms with Gasteiger partial charge in [0.15, 0.2) is 0 Å². The van der Waals surface area contributed by atoms with Gasteiger partial charge in [-0.3, -0.25) is 0 Å². The predicted octanol–water partition coefficient (Wildman–Crippen LogP) is 4.48. The Kier molecular flexibility index (Phi) is 2.91. The lowest BCUT2D eigenvalue weighted by atomic mass is 10.3. The van der Waals surface area contributed by atoms with Crippen molar-refractivity contribution >= 4 is 38.6 Å². The molecule has 1 N–H and O–H groups in total. The molecule has 4 heteroatoms. The van der Waals surface area contributed by atoms with Crippen molar-refractivity contribution in [2.24, 2.45) is 0 Å². The fourth-order valence-corrected chi connectivity index (χ4v) is 2.98. The normalized spacial score (nSPS) is 10.9. The van der Waals surface area contributed by atoms with Gasteiger partial charge in [-0.15, -0.1) is 0 Å². The van der Waals surface area contributed by atoms with Crippen LogP contribution in [0, 0.1) is 0 Å². The zero-order valence-electron chi connectivity index (χ0n) is 8.85. The first-order valence-corrected chi connectivity index (χ1v) is 6.80. The molecule has 0 saturated heterocycles. The second-order valence-corrected chi connectivity index (χ2v) is 5.50. The van der Waals surface area contributed by atoms with Crippen molar-refractivity contribution in [1.29, 1.82) is 0 Å². The molecular formula is C13H9BrN2S. The van der Waals surface area contributed by atoms with Crippen LogP contribution in [0.4, 0.5) is 0 Å². The van der Waals surface area contributed by atoms with Gasteiger partial charge in [0.1, 0.15) is 5.03 Å². The lowest BCUT2D eigenvalue weighted by Crippen LogP contribution is -1.80. The number of halogens is 1. The molecule has 17 heavy (non-hydrogen) atoms. The van der Waals surface area contributed by atoms with Gasteiger partial charge >= 0.3 is 0 Å². The Labute approximate surface area is 112 Å². The topological polar surface area (TPSA) is 28.7 Å². The van der Waals surface area contributed by atoms with Gasteiger partial charge in [-0.2, -0.15) is 0 Å². The molecule has 0 unspecified atom stereocenters. The van der Waals surface area contributed by atoms with E-state index in [-0.39, 0.29) is 0 Å². The Hall–Kier alpha value is -1.26. The first kappa shape index (κ1) is 10.9. The number of pyridine rings is 1. The van der Waals surface area contributed by atoms with Crippen LogP contribution < -0.4 is 0 Å². The first-order valence-electron chi connectivity index (χ1n) is 5.19. The Morgan fingerprint density at radius 3 is 2.82 bits per heavy atom. The molecule has 0 amide bonds. The number of benzene rings is 1. The van der Waals surface area contributed by atoms with Crippen molar-refractivity contribution in [3.8, 4) is 0 Å². The maximum Gasteiger partial charge on any atom is 0.116 e. The zero-order chi connectivity index (χ0) is 11.7. The third kappa shape index (κ3) is 2.23. The molecular weight excluding hydrogens is 296 g/mol. The molecule has 0 fully saturated rings. The molecule has 0 aliphatic rings. The van der Waals surface area contributed by atoms with Gasteiger partial charge < -0.3 is 4.98 Å². The summed E-state index contributed by atoms with van der Waals surface area (Å²) in [6.07, 6.45) is 1.80. The largest absolute Gasteiger partial charge is 0.349 e. The summed E-state index contributed by atoms with van der Waals surface area (Å²) in [5.41, 5.74) is 1.15. The fraction of sp³-hybridized carbons (Fsp3) is 0. The van der Waals surface area contributed by atoms with Gasteiger partial charge in [-0.25, -0.2) is 4.98 Å². The predicted molar refractivity (Wildman–Crippen MR) is 74.4 cm³/mol. The number of H-pyrrole nitrogens is 1. The Balaban J connectivity index is 1.98. The van der Waals surface area contributed by atoms with Crippen LogP contribution in [-0.4, -0.2) is 9.97 Å². The molecule has 2 aromatic heterocycles. The molecule has 0 aliphatic heterocycles. The molecule has 0 saturated carbocycles. The summed E-state index contributed by atoms with van der Waals surface area (Å²) in [5, 5.41) is 3.30. The highest BCUT2D eigenvalue weighted by Gasteiger charge is 2.05. The van der Waals surface area contributed by atoms with Crippen LogP contribution in [-0.2, 0) is 0 Å². The molecule has 1 aromatic carbocycles. The summed E-state index contributed by atoms with van der Waals surface area (Å²) in [7, 11) is 0. The van der Waals surface area contributed by atoms with Crippen LogP contribution in [0.3, 0.4) is 0 Å². The van der Waals surface area contributed by atoms with Gasteiger partial charge in [0, 0.05) is 17.1 Å². The molecule has 0 atom stereocenters. The van der Waals surface area contributed by atoms with Crippen LogP contribution in [0.5, 0.6) is 0 Å². The fourth-order valence-electron chi connectivity index (χ4n) is 1.65. The standard InChI is InChI=1S/C13H9BrN2S/c14-10-5-3-7-15-13(10)17-12-8-9-4-1-2-6-11(9)16-12/h1-8,16H. The molecule has 84 valence electrons. The van der Waals surface area contributed by atoms with Crippen molar-refractivity contribution in [2.45, 2.75) is 10.1 Å². The molecule has 2 nitrogen and oxygen atoms in total. The lowest BCUT2D eigenvalue weighted by Gasteiger charge is -1.99. The van der Waals surface area contributed by atoms with Gasteiger partial charge in [0.2, 0.25) is 0 Å². The van der Waals surface area contributed by atoms with Crippen LogP contribution in [0.25, 0.3) is 10.9 Å². The third-order valence-corrected chi connectivity index (χ3v) is 4.30. The van der Waals surface area contributed by atoms with E-state index in [4.69, 9.17) is 0 Å². The highest BCUT2D eigenvalue weighted by atomic mass is 79.9. The Morgan fingerprint density at radius 2 is 2.00 bits per heavy atom. The highest BCUT2D eigenvalue weighted by Crippen LogP contribution is 2.32. The van der Waals surface area contributed by atoms with E-state index in [1.807, 2.05) is 24.3 Å². The highest BCUT2D eigenvalue weighted by molar-refractivity contribution is 9.10. The molecule has 3 rings (SSSR count). The first-order chi connectivity index (χ1) is 8.33. The number of nitrogens with zero attached hydrogens (tertiary/aromatic N) is 1. The lowest BCUT2D eigenvalue weighted by molar-refractivity contribution is 1.10. The number of rotatable bonds is 2. The summed E-state index contributed by atoms with van der Waals surface area (Å²) in [6, 6.07) is 14.3.